The van der Waals surface area contributed by atoms with Crippen molar-refractivity contribution in [2.24, 2.45) is 17.1 Å². The predicted octanol–water partition coefficient (Wildman–Crippen LogP) is 2.50. The van der Waals surface area contributed by atoms with Gasteiger partial charge in [0.15, 0.2) is 0 Å². The van der Waals surface area contributed by atoms with Gasteiger partial charge in [0.2, 0.25) is 5.91 Å². The maximum atomic E-state index is 12.1. The summed E-state index contributed by atoms with van der Waals surface area (Å²) in [7, 11) is 0. The molecule has 0 bridgehead atoms. The van der Waals surface area contributed by atoms with Crippen molar-refractivity contribution in [3.63, 3.8) is 0 Å². The summed E-state index contributed by atoms with van der Waals surface area (Å²) < 4.78 is 0. The van der Waals surface area contributed by atoms with Crippen molar-refractivity contribution in [2.45, 2.75) is 45.6 Å². The highest BCUT2D eigenvalue weighted by Crippen LogP contribution is 2.49. The Morgan fingerprint density at radius 3 is 2.50 bits per heavy atom. The molecule has 0 unspecified atom stereocenters. The van der Waals surface area contributed by atoms with E-state index in [1.54, 1.807) is 0 Å². The Kier molecular flexibility index (Phi) is 4.81. The zero-order valence-electron chi connectivity index (χ0n) is 12.6. The first-order valence-electron chi connectivity index (χ1n) is 7.58. The molecular formula is C17H26N2O. The largest absolute Gasteiger partial charge is 0.354 e. The van der Waals surface area contributed by atoms with Crippen LogP contribution < -0.4 is 11.1 Å². The first kappa shape index (κ1) is 15.0. The standard InChI is InChI=1S/C17H26N2O/c1-13(2)11-17(8-9-17)12-19-16(20)15(18)10-14-6-4-3-5-7-14/h3-7,13,15H,8-12,18H2,1-2H3,(H,19,20)/t15-/m0/s1. The molecule has 1 atom stereocenters. The topological polar surface area (TPSA) is 55.1 Å². The molecule has 1 aliphatic carbocycles. The molecule has 1 saturated carbocycles. The highest BCUT2D eigenvalue weighted by molar-refractivity contribution is 5.81. The molecule has 3 N–H and O–H groups in total. The summed E-state index contributed by atoms with van der Waals surface area (Å²) in [6.07, 6.45) is 4.27. The van der Waals surface area contributed by atoms with Crippen molar-refractivity contribution < 1.29 is 4.79 Å². The van der Waals surface area contributed by atoms with E-state index >= 15 is 0 Å². The van der Waals surface area contributed by atoms with Crippen molar-refractivity contribution in [3.8, 4) is 0 Å². The lowest BCUT2D eigenvalue weighted by atomic mass is 9.94. The number of carbonyl (C=O) groups is 1. The predicted molar refractivity (Wildman–Crippen MR) is 82.3 cm³/mol. The van der Waals surface area contributed by atoms with E-state index in [9.17, 15) is 4.79 Å². The molecular weight excluding hydrogens is 248 g/mol. The van der Waals surface area contributed by atoms with E-state index in [0.29, 0.717) is 17.8 Å². The Morgan fingerprint density at radius 1 is 1.30 bits per heavy atom. The fraction of sp³-hybridized carbons (Fsp3) is 0.588. The van der Waals surface area contributed by atoms with Crippen molar-refractivity contribution in [1.29, 1.82) is 0 Å². The van der Waals surface area contributed by atoms with Crippen molar-refractivity contribution in [2.75, 3.05) is 6.54 Å². The van der Waals surface area contributed by atoms with Gasteiger partial charge in [0, 0.05) is 6.54 Å². The summed E-state index contributed by atoms with van der Waals surface area (Å²) in [6.45, 7) is 5.26. The minimum absolute atomic E-state index is 0.0242. The van der Waals surface area contributed by atoms with Gasteiger partial charge in [-0.15, -0.1) is 0 Å². The van der Waals surface area contributed by atoms with Crippen LogP contribution in [0.15, 0.2) is 30.3 Å². The van der Waals surface area contributed by atoms with Gasteiger partial charge in [-0.05, 0) is 42.6 Å². The molecule has 3 nitrogen and oxygen atoms in total. The molecule has 20 heavy (non-hydrogen) atoms. The lowest BCUT2D eigenvalue weighted by Gasteiger charge is -2.20. The van der Waals surface area contributed by atoms with Crippen LogP contribution >= 0.6 is 0 Å². The van der Waals surface area contributed by atoms with Gasteiger partial charge in [-0.25, -0.2) is 0 Å². The van der Waals surface area contributed by atoms with Crippen LogP contribution in [0.3, 0.4) is 0 Å². The number of benzene rings is 1. The van der Waals surface area contributed by atoms with Gasteiger partial charge in [0.1, 0.15) is 0 Å². The molecule has 1 fully saturated rings. The van der Waals surface area contributed by atoms with E-state index in [4.69, 9.17) is 5.73 Å². The van der Waals surface area contributed by atoms with Gasteiger partial charge in [0.05, 0.1) is 6.04 Å². The summed E-state index contributed by atoms with van der Waals surface area (Å²) in [6, 6.07) is 9.48. The van der Waals surface area contributed by atoms with E-state index < -0.39 is 6.04 Å². The molecule has 2 rings (SSSR count). The molecule has 0 spiro atoms. The molecule has 1 aromatic rings. The van der Waals surface area contributed by atoms with E-state index in [1.807, 2.05) is 30.3 Å². The van der Waals surface area contributed by atoms with E-state index in [1.165, 1.54) is 19.3 Å². The number of amides is 1. The van der Waals surface area contributed by atoms with Gasteiger partial charge < -0.3 is 11.1 Å². The van der Waals surface area contributed by atoms with Gasteiger partial charge in [-0.1, -0.05) is 44.2 Å². The zero-order valence-corrected chi connectivity index (χ0v) is 12.6. The lowest BCUT2D eigenvalue weighted by Crippen LogP contribution is -2.44. The van der Waals surface area contributed by atoms with E-state index in [2.05, 4.69) is 19.2 Å². The molecule has 110 valence electrons. The fourth-order valence-corrected chi connectivity index (χ4v) is 2.86. The van der Waals surface area contributed by atoms with Crippen molar-refractivity contribution in [1.82, 2.24) is 5.32 Å². The van der Waals surface area contributed by atoms with Gasteiger partial charge in [-0.2, -0.15) is 0 Å². The number of carbonyl (C=O) groups excluding carboxylic acids is 1. The van der Waals surface area contributed by atoms with Crippen molar-refractivity contribution >= 4 is 5.91 Å². The minimum atomic E-state index is -0.452. The second-order valence-corrected chi connectivity index (χ2v) is 6.61. The van der Waals surface area contributed by atoms with Gasteiger partial charge >= 0.3 is 0 Å². The Bertz CT molecular complexity index is 438. The van der Waals surface area contributed by atoms with Crippen LogP contribution in [0.5, 0.6) is 0 Å². The average molecular weight is 274 g/mol. The Morgan fingerprint density at radius 2 is 1.95 bits per heavy atom. The Hall–Kier alpha value is -1.35. The summed E-state index contributed by atoms with van der Waals surface area (Å²) in [5, 5.41) is 3.05. The monoisotopic (exact) mass is 274 g/mol. The molecule has 0 radical (unpaired) electrons. The molecule has 1 aromatic carbocycles. The van der Waals surface area contributed by atoms with Gasteiger partial charge in [0.25, 0.3) is 0 Å². The number of hydrogen-bond acceptors (Lipinski definition) is 2. The molecule has 0 saturated heterocycles. The van der Waals surface area contributed by atoms with Crippen LogP contribution in [0.4, 0.5) is 0 Å². The number of nitrogens with one attached hydrogen (secondary N) is 1. The van der Waals surface area contributed by atoms with Crippen molar-refractivity contribution in [3.05, 3.63) is 35.9 Å². The molecule has 1 amide bonds. The number of rotatable bonds is 7. The first-order chi connectivity index (χ1) is 9.51. The average Bonchev–Trinajstić information content (AvgIpc) is 3.16. The minimum Gasteiger partial charge on any atom is -0.354 e. The highest BCUT2D eigenvalue weighted by Gasteiger charge is 2.42. The Balaban J connectivity index is 1.77. The van der Waals surface area contributed by atoms with E-state index in [-0.39, 0.29) is 5.91 Å². The highest BCUT2D eigenvalue weighted by atomic mass is 16.2. The summed E-state index contributed by atoms with van der Waals surface area (Å²) in [4.78, 5) is 12.1. The first-order valence-corrected chi connectivity index (χ1v) is 7.58. The van der Waals surface area contributed by atoms with E-state index in [0.717, 1.165) is 12.1 Å². The zero-order chi connectivity index (χ0) is 14.6. The second-order valence-electron chi connectivity index (χ2n) is 6.61. The van der Waals surface area contributed by atoms with Gasteiger partial charge in [-0.3, -0.25) is 4.79 Å². The Labute approximate surface area is 121 Å². The quantitative estimate of drug-likeness (QED) is 0.802. The molecule has 0 aromatic heterocycles. The normalized spacial score (nSPS) is 17.8. The molecule has 3 heteroatoms. The second kappa shape index (κ2) is 6.40. The summed E-state index contributed by atoms with van der Waals surface area (Å²) >= 11 is 0. The fourth-order valence-electron chi connectivity index (χ4n) is 2.86. The summed E-state index contributed by atoms with van der Waals surface area (Å²) in [5.74, 6) is 0.663. The molecule has 0 heterocycles. The number of hydrogen-bond donors (Lipinski definition) is 2. The number of nitrogens with two attached hydrogens (primary N) is 1. The van der Waals surface area contributed by atoms with Crippen LogP contribution in [0, 0.1) is 11.3 Å². The lowest BCUT2D eigenvalue weighted by molar-refractivity contribution is -0.122. The maximum Gasteiger partial charge on any atom is 0.237 e. The van der Waals surface area contributed by atoms with Crippen LogP contribution in [0.1, 0.15) is 38.7 Å². The van der Waals surface area contributed by atoms with Crippen LogP contribution in [-0.2, 0) is 11.2 Å². The van der Waals surface area contributed by atoms with Crippen LogP contribution in [0.2, 0.25) is 0 Å². The third-order valence-electron chi connectivity index (χ3n) is 4.07. The SMILES string of the molecule is CC(C)CC1(CNC(=O)[C@@H](N)Cc2ccccc2)CC1. The van der Waals surface area contributed by atoms with Crippen LogP contribution in [-0.4, -0.2) is 18.5 Å². The molecule has 1 aliphatic rings. The summed E-state index contributed by atoms with van der Waals surface area (Å²) in [5.41, 5.74) is 7.46. The van der Waals surface area contributed by atoms with Crippen LogP contribution in [0.25, 0.3) is 0 Å². The maximum absolute atomic E-state index is 12.1. The third kappa shape index (κ3) is 4.34. The molecule has 0 aliphatic heterocycles. The third-order valence-corrected chi connectivity index (χ3v) is 4.07. The smallest absolute Gasteiger partial charge is 0.237 e.